The highest BCUT2D eigenvalue weighted by atomic mass is 32.2. The number of unbranched alkanes of at least 4 members (excludes halogenated alkanes) is 7. The standard InChI is InChI=1S/C24H32S5/c25-14-7-5-3-1-2-4-6-8-15-26-18-13-20-19-23(21-11-9-16-27-21)29-24(20)22-12-10-17-28-22/h9-12,16-17,19,25H,1-8,13-15,18H2. The smallest absolute Gasteiger partial charge is 0.0481 e. The van der Waals surface area contributed by atoms with E-state index in [-0.39, 0.29) is 0 Å². The first-order chi connectivity index (χ1) is 14.4. The van der Waals surface area contributed by atoms with Crippen LogP contribution in [0.25, 0.3) is 19.5 Å². The number of thioether (sulfide) groups is 1. The first kappa shape index (κ1) is 23.5. The molecule has 29 heavy (non-hydrogen) atoms. The molecule has 0 aliphatic carbocycles. The number of thiol groups is 1. The van der Waals surface area contributed by atoms with Crippen molar-refractivity contribution in [3.8, 4) is 19.5 Å². The van der Waals surface area contributed by atoms with Gasteiger partial charge in [0.15, 0.2) is 0 Å². The molecule has 0 atom stereocenters. The van der Waals surface area contributed by atoms with Crippen molar-refractivity contribution in [1.82, 2.24) is 0 Å². The Morgan fingerprint density at radius 1 is 0.724 bits per heavy atom. The molecule has 0 nitrogen and oxygen atoms in total. The summed E-state index contributed by atoms with van der Waals surface area (Å²) in [6, 6.07) is 11.3. The highest BCUT2D eigenvalue weighted by Gasteiger charge is 2.13. The van der Waals surface area contributed by atoms with Crippen LogP contribution in [-0.4, -0.2) is 17.3 Å². The Bertz CT molecular complexity index is 770. The first-order valence-electron chi connectivity index (χ1n) is 10.8. The number of hydrogen-bond donors (Lipinski definition) is 1. The van der Waals surface area contributed by atoms with Crippen molar-refractivity contribution in [2.75, 3.05) is 17.3 Å². The molecule has 0 radical (unpaired) electrons. The van der Waals surface area contributed by atoms with E-state index in [4.69, 9.17) is 0 Å². The zero-order valence-electron chi connectivity index (χ0n) is 17.1. The zero-order valence-corrected chi connectivity index (χ0v) is 21.3. The average Bonchev–Trinajstić information content (AvgIpc) is 3.49. The van der Waals surface area contributed by atoms with Gasteiger partial charge < -0.3 is 0 Å². The van der Waals surface area contributed by atoms with Crippen LogP contribution in [0.1, 0.15) is 56.9 Å². The Kier molecular flexibility index (Phi) is 11.3. The summed E-state index contributed by atoms with van der Waals surface area (Å²) in [5.41, 5.74) is 1.54. The molecule has 0 saturated heterocycles. The van der Waals surface area contributed by atoms with Crippen molar-refractivity contribution in [2.45, 2.75) is 57.8 Å². The summed E-state index contributed by atoms with van der Waals surface area (Å²) in [6.45, 7) is 0. The van der Waals surface area contributed by atoms with E-state index >= 15 is 0 Å². The quantitative estimate of drug-likeness (QED) is 0.167. The third kappa shape index (κ3) is 8.10. The zero-order chi connectivity index (χ0) is 20.2. The van der Waals surface area contributed by atoms with Gasteiger partial charge >= 0.3 is 0 Å². The van der Waals surface area contributed by atoms with Crippen molar-refractivity contribution in [1.29, 1.82) is 0 Å². The molecule has 0 N–H and O–H groups in total. The molecule has 158 valence electrons. The van der Waals surface area contributed by atoms with Crippen LogP contribution in [0.2, 0.25) is 0 Å². The number of rotatable bonds is 15. The summed E-state index contributed by atoms with van der Waals surface area (Å²) in [5.74, 6) is 3.60. The van der Waals surface area contributed by atoms with Crippen LogP contribution < -0.4 is 0 Å². The van der Waals surface area contributed by atoms with Crippen LogP contribution in [0.15, 0.2) is 41.1 Å². The number of thiophene rings is 3. The predicted molar refractivity (Wildman–Crippen MR) is 143 cm³/mol. The minimum absolute atomic E-state index is 1.05. The molecule has 5 heteroatoms. The minimum Gasteiger partial charge on any atom is -0.179 e. The molecule has 3 aromatic rings. The molecule has 0 aliphatic rings. The van der Waals surface area contributed by atoms with Crippen molar-refractivity contribution in [3.63, 3.8) is 0 Å². The highest BCUT2D eigenvalue weighted by Crippen LogP contribution is 2.41. The molecule has 0 unspecified atom stereocenters. The predicted octanol–water partition coefficient (Wildman–Crippen LogP) is 9.53. The maximum absolute atomic E-state index is 4.28. The van der Waals surface area contributed by atoms with E-state index in [0.29, 0.717) is 0 Å². The summed E-state index contributed by atoms with van der Waals surface area (Å²) in [4.78, 5) is 5.74. The lowest BCUT2D eigenvalue weighted by molar-refractivity contribution is 0.588. The van der Waals surface area contributed by atoms with Gasteiger partial charge in [-0.1, -0.05) is 50.7 Å². The molecule has 0 fully saturated rings. The molecule has 0 bridgehead atoms. The fourth-order valence-electron chi connectivity index (χ4n) is 3.43. The molecule has 0 saturated carbocycles. The second-order valence-corrected chi connectivity index (χ2v) is 12.0. The van der Waals surface area contributed by atoms with E-state index in [0.717, 1.165) is 5.75 Å². The fraction of sp³-hybridized carbons (Fsp3) is 0.500. The summed E-state index contributed by atoms with van der Waals surface area (Å²) < 4.78 is 0. The van der Waals surface area contributed by atoms with Crippen LogP contribution in [-0.2, 0) is 6.42 Å². The molecular weight excluding hydrogens is 449 g/mol. The van der Waals surface area contributed by atoms with Gasteiger partial charge in [-0.05, 0) is 71.0 Å². The van der Waals surface area contributed by atoms with E-state index in [2.05, 4.69) is 65.5 Å². The van der Waals surface area contributed by atoms with E-state index in [1.54, 1.807) is 0 Å². The van der Waals surface area contributed by atoms with Gasteiger partial charge in [0.25, 0.3) is 0 Å². The van der Waals surface area contributed by atoms with Crippen LogP contribution in [0.4, 0.5) is 0 Å². The summed E-state index contributed by atoms with van der Waals surface area (Å²) in [5, 5.41) is 4.37. The van der Waals surface area contributed by atoms with Crippen molar-refractivity contribution < 1.29 is 0 Å². The second kappa shape index (κ2) is 14.0. The van der Waals surface area contributed by atoms with E-state index < -0.39 is 0 Å². The summed E-state index contributed by atoms with van der Waals surface area (Å²) in [7, 11) is 0. The lowest BCUT2D eigenvalue weighted by Gasteiger charge is -2.04. The van der Waals surface area contributed by atoms with Gasteiger partial charge in [0.2, 0.25) is 0 Å². The van der Waals surface area contributed by atoms with Crippen molar-refractivity contribution in [3.05, 3.63) is 46.7 Å². The van der Waals surface area contributed by atoms with E-state index in [1.165, 1.54) is 94.4 Å². The van der Waals surface area contributed by atoms with Gasteiger partial charge in [-0.15, -0.1) is 34.0 Å². The lowest BCUT2D eigenvalue weighted by Crippen LogP contribution is -1.90. The third-order valence-corrected chi connectivity index (χ3v) is 9.71. The number of hydrogen-bond acceptors (Lipinski definition) is 5. The molecule has 0 spiro atoms. The SMILES string of the molecule is SCCCCCCCCCCSCCc1cc(-c2cccs2)sc1-c1cccs1. The second-order valence-electron chi connectivity index (χ2n) is 7.33. The Hall–Kier alpha value is -0.200. The molecule has 3 heterocycles. The Morgan fingerprint density at radius 2 is 1.38 bits per heavy atom. The van der Waals surface area contributed by atoms with Gasteiger partial charge in [0, 0.05) is 19.5 Å². The topological polar surface area (TPSA) is 0 Å². The van der Waals surface area contributed by atoms with E-state index in [9.17, 15) is 0 Å². The Morgan fingerprint density at radius 3 is 2.03 bits per heavy atom. The first-order valence-corrected chi connectivity index (χ1v) is 15.1. The molecule has 0 aliphatic heterocycles. The van der Waals surface area contributed by atoms with Crippen molar-refractivity contribution >= 4 is 58.4 Å². The van der Waals surface area contributed by atoms with Crippen LogP contribution >= 0.6 is 58.4 Å². The third-order valence-electron chi connectivity index (χ3n) is 5.03. The molecule has 3 rings (SSSR count). The molecular formula is C24H32S5. The maximum atomic E-state index is 4.28. The monoisotopic (exact) mass is 480 g/mol. The largest absolute Gasteiger partial charge is 0.179 e. The Labute approximate surface area is 198 Å². The Balaban J connectivity index is 1.36. The highest BCUT2D eigenvalue weighted by molar-refractivity contribution is 7.99. The van der Waals surface area contributed by atoms with Crippen LogP contribution in [0.3, 0.4) is 0 Å². The molecule has 0 aromatic carbocycles. The van der Waals surface area contributed by atoms with Gasteiger partial charge in [-0.3, -0.25) is 0 Å². The molecule has 3 aromatic heterocycles. The van der Waals surface area contributed by atoms with Crippen molar-refractivity contribution in [2.24, 2.45) is 0 Å². The van der Waals surface area contributed by atoms with Crippen LogP contribution in [0.5, 0.6) is 0 Å². The van der Waals surface area contributed by atoms with Gasteiger partial charge in [0.1, 0.15) is 0 Å². The maximum Gasteiger partial charge on any atom is 0.0481 e. The number of aryl methyl sites for hydroxylation is 1. The summed E-state index contributed by atoms with van der Waals surface area (Å²) >= 11 is 12.1. The fourth-order valence-corrected chi connectivity index (χ4v) is 7.56. The lowest BCUT2D eigenvalue weighted by atomic mass is 10.1. The molecule has 0 amide bonds. The summed E-state index contributed by atoms with van der Waals surface area (Å²) in [6.07, 6.45) is 12.3. The van der Waals surface area contributed by atoms with Crippen LogP contribution in [0, 0.1) is 0 Å². The van der Waals surface area contributed by atoms with E-state index in [1.807, 2.05) is 34.0 Å². The average molecular weight is 481 g/mol. The van der Waals surface area contributed by atoms with Gasteiger partial charge in [-0.25, -0.2) is 0 Å². The normalized spacial score (nSPS) is 11.3. The van der Waals surface area contributed by atoms with Gasteiger partial charge in [0.05, 0.1) is 0 Å². The van der Waals surface area contributed by atoms with Gasteiger partial charge in [-0.2, -0.15) is 24.4 Å². The minimum atomic E-state index is 1.05.